The molecule has 0 aromatic rings. The van der Waals surface area contributed by atoms with Crippen LogP contribution in [0.15, 0.2) is 5.16 Å². The summed E-state index contributed by atoms with van der Waals surface area (Å²) < 4.78 is 0. The molecule has 0 aliphatic heterocycles. The van der Waals surface area contributed by atoms with Crippen LogP contribution in [0.4, 0.5) is 0 Å². The normalized spacial score (nSPS) is 18.3. The Labute approximate surface area is 86.7 Å². The Morgan fingerprint density at radius 2 is 2.00 bits per heavy atom. The number of nitrogens with two attached hydrogens (primary N) is 2. The van der Waals surface area contributed by atoms with Gasteiger partial charge in [-0.15, -0.1) is 0 Å². The van der Waals surface area contributed by atoms with Crippen LogP contribution in [0.5, 0.6) is 0 Å². The Morgan fingerprint density at radius 1 is 1.47 bits per heavy atom. The first-order valence-corrected chi connectivity index (χ1v) is 4.46. The number of likely N-dealkylation sites (N-methyl/N-ethyl adjacent to an activating group) is 1. The predicted molar refractivity (Wildman–Crippen MR) is 51.9 cm³/mol. The highest BCUT2D eigenvalue weighted by Crippen LogP contribution is 2.47. The maximum atomic E-state index is 11.8. The molecule has 1 aliphatic carbocycles. The van der Waals surface area contributed by atoms with Gasteiger partial charge in [0.25, 0.3) is 0 Å². The lowest BCUT2D eigenvalue weighted by molar-refractivity contribution is -0.136. The van der Waals surface area contributed by atoms with E-state index in [9.17, 15) is 9.59 Å². The van der Waals surface area contributed by atoms with E-state index in [2.05, 4.69) is 5.16 Å². The molecule has 7 nitrogen and oxygen atoms in total. The summed E-state index contributed by atoms with van der Waals surface area (Å²) >= 11 is 0. The van der Waals surface area contributed by atoms with Crippen LogP contribution in [-0.4, -0.2) is 41.3 Å². The van der Waals surface area contributed by atoms with Crippen molar-refractivity contribution in [3.05, 3.63) is 0 Å². The maximum Gasteiger partial charge on any atom is 0.237 e. The molecule has 0 saturated heterocycles. The van der Waals surface area contributed by atoms with Gasteiger partial charge in [0.15, 0.2) is 5.84 Å². The highest BCUT2D eigenvalue weighted by molar-refractivity contribution is 6.09. The average molecular weight is 214 g/mol. The van der Waals surface area contributed by atoms with Crippen LogP contribution >= 0.6 is 0 Å². The molecule has 7 heteroatoms. The van der Waals surface area contributed by atoms with E-state index < -0.39 is 11.3 Å². The van der Waals surface area contributed by atoms with Crippen LogP contribution in [0.1, 0.15) is 12.8 Å². The fourth-order valence-electron chi connectivity index (χ4n) is 1.47. The molecule has 0 bridgehead atoms. The van der Waals surface area contributed by atoms with Crippen LogP contribution in [0.3, 0.4) is 0 Å². The van der Waals surface area contributed by atoms with E-state index in [0.29, 0.717) is 12.8 Å². The largest absolute Gasteiger partial charge is 0.409 e. The van der Waals surface area contributed by atoms with Crippen molar-refractivity contribution in [2.24, 2.45) is 22.0 Å². The first-order chi connectivity index (χ1) is 6.94. The lowest BCUT2D eigenvalue weighted by Gasteiger charge is -2.21. The summed E-state index contributed by atoms with van der Waals surface area (Å²) in [6.07, 6.45) is 1.07. The van der Waals surface area contributed by atoms with Crippen LogP contribution < -0.4 is 11.5 Å². The van der Waals surface area contributed by atoms with Gasteiger partial charge in [-0.2, -0.15) is 0 Å². The summed E-state index contributed by atoms with van der Waals surface area (Å²) in [5.74, 6) is -1.04. The topological polar surface area (TPSA) is 122 Å². The highest BCUT2D eigenvalue weighted by atomic mass is 16.4. The smallest absolute Gasteiger partial charge is 0.237 e. The van der Waals surface area contributed by atoms with Gasteiger partial charge in [-0.1, -0.05) is 5.16 Å². The van der Waals surface area contributed by atoms with Gasteiger partial charge in [0.2, 0.25) is 11.8 Å². The number of hydrogen-bond acceptors (Lipinski definition) is 4. The van der Waals surface area contributed by atoms with Crippen molar-refractivity contribution in [1.29, 1.82) is 0 Å². The number of carbonyl (C=O) groups is 2. The molecule has 0 heterocycles. The Kier molecular flexibility index (Phi) is 2.83. The Morgan fingerprint density at radius 3 is 2.33 bits per heavy atom. The van der Waals surface area contributed by atoms with Crippen LogP contribution in [0.2, 0.25) is 0 Å². The fraction of sp³-hybridized carbons (Fsp3) is 0.625. The minimum atomic E-state index is -0.918. The number of amidine groups is 1. The highest BCUT2D eigenvalue weighted by Gasteiger charge is 2.55. The van der Waals surface area contributed by atoms with Crippen LogP contribution in [0.25, 0.3) is 0 Å². The molecule has 0 atom stereocenters. The van der Waals surface area contributed by atoms with Crippen molar-refractivity contribution in [2.45, 2.75) is 12.8 Å². The molecule has 0 aromatic carbocycles. The van der Waals surface area contributed by atoms with Gasteiger partial charge in [-0.05, 0) is 12.8 Å². The number of oxime groups is 1. The lowest BCUT2D eigenvalue weighted by Crippen LogP contribution is -2.44. The van der Waals surface area contributed by atoms with Gasteiger partial charge in [0.1, 0.15) is 5.41 Å². The minimum absolute atomic E-state index is 0.108. The molecular weight excluding hydrogens is 200 g/mol. The van der Waals surface area contributed by atoms with Gasteiger partial charge in [-0.3, -0.25) is 9.59 Å². The number of primary amides is 1. The van der Waals surface area contributed by atoms with Gasteiger partial charge >= 0.3 is 0 Å². The summed E-state index contributed by atoms with van der Waals surface area (Å²) in [5, 5.41) is 11.4. The second kappa shape index (κ2) is 3.76. The van der Waals surface area contributed by atoms with Crippen molar-refractivity contribution in [3.63, 3.8) is 0 Å². The number of amides is 2. The van der Waals surface area contributed by atoms with Crippen molar-refractivity contribution in [2.75, 3.05) is 13.6 Å². The fourth-order valence-corrected chi connectivity index (χ4v) is 1.47. The van der Waals surface area contributed by atoms with Crippen molar-refractivity contribution >= 4 is 17.6 Å². The third kappa shape index (κ3) is 2.00. The zero-order valence-corrected chi connectivity index (χ0v) is 8.43. The monoisotopic (exact) mass is 214 g/mol. The van der Waals surface area contributed by atoms with E-state index in [0.717, 1.165) is 0 Å². The van der Waals surface area contributed by atoms with Crippen molar-refractivity contribution in [3.8, 4) is 0 Å². The maximum absolute atomic E-state index is 11.8. The molecule has 0 radical (unpaired) electrons. The van der Waals surface area contributed by atoms with E-state index in [1.54, 1.807) is 0 Å². The second-order valence-electron chi connectivity index (χ2n) is 3.69. The predicted octanol–water partition coefficient (Wildman–Crippen LogP) is -1.54. The summed E-state index contributed by atoms with van der Waals surface area (Å²) in [6.45, 7) is -0.167. The van der Waals surface area contributed by atoms with Crippen LogP contribution in [0, 0.1) is 5.41 Å². The SMILES string of the molecule is CN(CC(N)=O)C(=O)C1(C(N)=NO)CC1. The number of rotatable bonds is 4. The molecule has 0 aromatic heterocycles. The zero-order valence-electron chi connectivity index (χ0n) is 8.43. The lowest BCUT2D eigenvalue weighted by atomic mass is 10.0. The van der Waals surface area contributed by atoms with Gasteiger partial charge in [0, 0.05) is 7.05 Å². The molecule has 1 fully saturated rings. The Balaban J connectivity index is 2.73. The molecule has 2 amide bonds. The number of nitrogens with zero attached hydrogens (tertiary/aromatic N) is 2. The van der Waals surface area contributed by atoms with Crippen molar-refractivity contribution < 1.29 is 14.8 Å². The number of hydrogen-bond donors (Lipinski definition) is 3. The Bertz CT molecular complexity index is 322. The molecular formula is C8H14N4O3. The van der Waals surface area contributed by atoms with E-state index in [1.165, 1.54) is 11.9 Å². The van der Waals surface area contributed by atoms with E-state index in [4.69, 9.17) is 16.7 Å². The molecule has 84 valence electrons. The molecule has 5 N–H and O–H groups in total. The average Bonchev–Trinajstić information content (AvgIpc) is 2.95. The number of carbonyl (C=O) groups excluding carboxylic acids is 2. The standard InChI is InChI=1S/C8H14N4O3/c1-12(4-5(9)13)7(14)8(2-3-8)6(10)11-15/h15H,2-4H2,1H3,(H2,9,13)(H2,10,11). The van der Waals surface area contributed by atoms with Crippen molar-refractivity contribution in [1.82, 2.24) is 4.90 Å². The molecule has 15 heavy (non-hydrogen) atoms. The summed E-state index contributed by atoms with van der Waals surface area (Å²) in [6, 6.07) is 0. The first-order valence-electron chi connectivity index (χ1n) is 4.46. The van der Waals surface area contributed by atoms with E-state index >= 15 is 0 Å². The van der Waals surface area contributed by atoms with Crippen LogP contribution in [-0.2, 0) is 9.59 Å². The Hall–Kier alpha value is -1.79. The summed E-state index contributed by atoms with van der Waals surface area (Å²) in [4.78, 5) is 23.6. The third-order valence-corrected chi connectivity index (χ3v) is 2.50. The molecule has 0 unspecified atom stereocenters. The first kappa shape index (κ1) is 11.3. The summed E-state index contributed by atoms with van der Waals surface area (Å²) in [7, 11) is 1.46. The zero-order chi connectivity index (χ0) is 11.6. The molecule has 1 saturated carbocycles. The van der Waals surface area contributed by atoms with E-state index in [1.807, 2.05) is 0 Å². The molecule has 1 rings (SSSR count). The molecule has 1 aliphatic rings. The van der Waals surface area contributed by atoms with Gasteiger partial charge in [0.05, 0.1) is 6.54 Å². The summed E-state index contributed by atoms with van der Waals surface area (Å²) in [5.41, 5.74) is 9.46. The van der Waals surface area contributed by atoms with Gasteiger partial charge in [-0.25, -0.2) is 0 Å². The second-order valence-corrected chi connectivity index (χ2v) is 3.69. The molecule has 0 spiro atoms. The minimum Gasteiger partial charge on any atom is -0.409 e. The van der Waals surface area contributed by atoms with E-state index in [-0.39, 0.29) is 18.3 Å². The van der Waals surface area contributed by atoms with Gasteiger partial charge < -0.3 is 21.6 Å². The third-order valence-electron chi connectivity index (χ3n) is 2.50. The quantitative estimate of drug-likeness (QED) is 0.227.